The lowest BCUT2D eigenvalue weighted by Crippen LogP contribution is -2.03. The first-order valence-corrected chi connectivity index (χ1v) is 4.12. The molecule has 1 heterocycles. The molecule has 0 unspecified atom stereocenters. The Balaban J connectivity index is 2.60. The van der Waals surface area contributed by atoms with Gasteiger partial charge >= 0.3 is 0 Å². The van der Waals surface area contributed by atoms with Crippen molar-refractivity contribution >= 4 is 6.29 Å². The first kappa shape index (κ1) is 8.55. The van der Waals surface area contributed by atoms with Gasteiger partial charge in [-0.1, -0.05) is 18.2 Å². The number of rotatable bonds is 2. The average Bonchev–Trinajstić information content (AvgIpc) is 2.66. The number of hydrogen-bond donors (Lipinski definition) is 0. The van der Waals surface area contributed by atoms with Crippen molar-refractivity contribution in [2.24, 2.45) is 0 Å². The van der Waals surface area contributed by atoms with Crippen LogP contribution < -0.4 is 0 Å². The Hall–Kier alpha value is -2.04. The molecule has 0 saturated carbocycles. The number of tetrazole rings is 1. The van der Waals surface area contributed by atoms with Crippen LogP contribution in [0.1, 0.15) is 16.2 Å². The molecule has 0 spiro atoms. The van der Waals surface area contributed by atoms with Gasteiger partial charge in [-0.3, -0.25) is 4.79 Å². The summed E-state index contributed by atoms with van der Waals surface area (Å²) < 4.78 is 1.42. The van der Waals surface area contributed by atoms with Crippen LogP contribution in [0.4, 0.5) is 0 Å². The molecule has 14 heavy (non-hydrogen) atoms. The molecule has 70 valence electrons. The van der Waals surface area contributed by atoms with Crippen molar-refractivity contribution in [1.82, 2.24) is 20.2 Å². The molecule has 0 fully saturated rings. The Morgan fingerprint density at radius 1 is 1.36 bits per heavy atom. The fraction of sp³-hybridized carbons (Fsp3) is 0.111. The maximum atomic E-state index is 10.6. The molecule has 0 aliphatic heterocycles. The number of aldehydes is 1. The minimum atomic E-state index is 0.208. The highest BCUT2D eigenvalue weighted by molar-refractivity contribution is 5.70. The van der Waals surface area contributed by atoms with Crippen LogP contribution in [0, 0.1) is 6.92 Å². The molecule has 5 nitrogen and oxygen atoms in total. The van der Waals surface area contributed by atoms with Crippen LogP contribution >= 0.6 is 0 Å². The molecule has 0 atom stereocenters. The van der Waals surface area contributed by atoms with Crippen molar-refractivity contribution in [3.05, 3.63) is 35.7 Å². The molecule has 1 aromatic carbocycles. The fourth-order valence-electron chi connectivity index (χ4n) is 1.24. The highest BCUT2D eigenvalue weighted by atomic mass is 16.1. The van der Waals surface area contributed by atoms with Gasteiger partial charge in [0, 0.05) is 0 Å². The van der Waals surface area contributed by atoms with Gasteiger partial charge in [-0.05, 0) is 29.0 Å². The third-order valence-corrected chi connectivity index (χ3v) is 1.94. The van der Waals surface area contributed by atoms with Gasteiger partial charge in [0.2, 0.25) is 5.82 Å². The summed E-state index contributed by atoms with van der Waals surface area (Å²) in [5.41, 5.74) is 1.84. The Labute approximate surface area is 80.4 Å². The molecule has 2 aromatic rings. The van der Waals surface area contributed by atoms with Gasteiger partial charge in [0.1, 0.15) is 0 Å². The van der Waals surface area contributed by atoms with Gasteiger partial charge in [0.25, 0.3) is 0 Å². The number of carbonyl (C=O) groups excluding carboxylic acids is 1. The number of hydrogen-bond acceptors (Lipinski definition) is 4. The zero-order valence-electron chi connectivity index (χ0n) is 7.58. The van der Waals surface area contributed by atoms with E-state index in [1.54, 1.807) is 0 Å². The van der Waals surface area contributed by atoms with Crippen molar-refractivity contribution in [1.29, 1.82) is 0 Å². The van der Waals surface area contributed by atoms with Gasteiger partial charge in [-0.25, -0.2) is 0 Å². The fourth-order valence-corrected chi connectivity index (χ4v) is 1.24. The predicted octanol–water partition coefficient (Wildman–Crippen LogP) is 0.783. The molecule has 2 rings (SSSR count). The third kappa shape index (κ3) is 1.28. The van der Waals surface area contributed by atoms with Gasteiger partial charge in [0.05, 0.1) is 5.69 Å². The van der Waals surface area contributed by atoms with E-state index < -0.39 is 0 Å². The predicted molar refractivity (Wildman–Crippen MR) is 49.3 cm³/mol. The van der Waals surface area contributed by atoms with E-state index in [0.717, 1.165) is 11.3 Å². The summed E-state index contributed by atoms with van der Waals surface area (Å²) in [6, 6.07) is 7.59. The largest absolute Gasteiger partial charge is 0.294 e. The molecule has 0 N–H and O–H groups in total. The highest BCUT2D eigenvalue weighted by Gasteiger charge is 2.07. The summed E-state index contributed by atoms with van der Waals surface area (Å²) in [6.45, 7) is 1.94. The highest BCUT2D eigenvalue weighted by Crippen LogP contribution is 2.11. The molecule has 0 aliphatic rings. The van der Waals surface area contributed by atoms with Crippen LogP contribution in [-0.4, -0.2) is 26.5 Å². The second-order valence-electron chi connectivity index (χ2n) is 2.85. The van der Waals surface area contributed by atoms with Crippen LogP contribution in [0.2, 0.25) is 0 Å². The Morgan fingerprint density at radius 3 is 2.86 bits per heavy atom. The van der Waals surface area contributed by atoms with E-state index in [0.29, 0.717) is 6.29 Å². The number of aromatic nitrogens is 4. The van der Waals surface area contributed by atoms with Crippen LogP contribution in [0.25, 0.3) is 5.69 Å². The van der Waals surface area contributed by atoms with Crippen LogP contribution in [-0.2, 0) is 0 Å². The van der Waals surface area contributed by atoms with E-state index in [9.17, 15) is 4.79 Å². The van der Waals surface area contributed by atoms with Crippen molar-refractivity contribution in [2.45, 2.75) is 6.92 Å². The standard InChI is InChI=1S/C9H8N4O/c1-7-4-2-3-5-8(7)13-9(6-14)10-11-12-13/h2-6H,1H3. The molecular weight excluding hydrogens is 180 g/mol. The first-order valence-electron chi connectivity index (χ1n) is 4.12. The summed E-state index contributed by atoms with van der Waals surface area (Å²) in [6.07, 6.45) is 0.631. The number of para-hydroxylation sites is 1. The quantitative estimate of drug-likeness (QED) is 0.653. The van der Waals surface area contributed by atoms with Crippen molar-refractivity contribution in [3.8, 4) is 5.69 Å². The van der Waals surface area contributed by atoms with Crippen molar-refractivity contribution < 1.29 is 4.79 Å². The van der Waals surface area contributed by atoms with Gasteiger partial charge in [0.15, 0.2) is 6.29 Å². The summed E-state index contributed by atoms with van der Waals surface area (Å²) in [4.78, 5) is 10.6. The molecule has 0 amide bonds. The number of benzene rings is 1. The molecule has 0 aliphatic carbocycles. The molecular formula is C9H8N4O. The van der Waals surface area contributed by atoms with Crippen LogP contribution in [0.15, 0.2) is 24.3 Å². The zero-order valence-corrected chi connectivity index (χ0v) is 7.58. The first-order chi connectivity index (χ1) is 6.83. The van der Waals surface area contributed by atoms with Gasteiger partial charge in [-0.15, -0.1) is 5.10 Å². The Kier molecular flexibility index (Phi) is 2.06. The van der Waals surface area contributed by atoms with Crippen LogP contribution in [0.5, 0.6) is 0 Å². The second-order valence-corrected chi connectivity index (χ2v) is 2.85. The molecule has 5 heteroatoms. The van der Waals surface area contributed by atoms with E-state index in [4.69, 9.17) is 0 Å². The van der Waals surface area contributed by atoms with Crippen LogP contribution in [0.3, 0.4) is 0 Å². The van der Waals surface area contributed by atoms with E-state index >= 15 is 0 Å². The third-order valence-electron chi connectivity index (χ3n) is 1.94. The average molecular weight is 188 g/mol. The number of carbonyl (C=O) groups is 1. The Bertz CT molecular complexity index is 463. The molecule has 0 saturated heterocycles. The summed E-state index contributed by atoms with van der Waals surface area (Å²) in [5, 5.41) is 10.8. The minimum absolute atomic E-state index is 0.208. The molecule has 0 radical (unpaired) electrons. The lowest BCUT2D eigenvalue weighted by Gasteiger charge is -2.03. The van der Waals surface area contributed by atoms with Gasteiger partial charge < -0.3 is 0 Å². The minimum Gasteiger partial charge on any atom is -0.294 e. The van der Waals surface area contributed by atoms with E-state index in [1.807, 2.05) is 31.2 Å². The lowest BCUT2D eigenvalue weighted by molar-refractivity contribution is 0.111. The Morgan fingerprint density at radius 2 is 2.14 bits per heavy atom. The van der Waals surface area contributed by atoms with Gasteiger partial charge in [-0.2, -0.15) is 4.68 Å². The summed E-state index contributed by atoms with van der Waals surface area (Å²) in [5.74, 6) is 0.208. The van der Waals surface area contributed by atoms with E-state index in [1.165, 1.54) is 4.68 Å². The van der Waals surface area contributed by atoms with E-state index in [2.05, 4.69) is 15.5 Å². The molecule has 1 aromatic heterocycles. The normalized spacial score (nSPS) is 10.1. The SMILES string of the molecule is Cc1ccccc1-n1nnnc1C=O. The second kappa shape index (κ2) is 3.37. The summed E-state index contributed by atoms with van der Waals surface area (Å²) in [7, 11) is 0. The topological polar surface area (TPSA) is 60.7 Å². The number of nitrogens with zero attached hydrogens (tertiary/aromatic N) is 4. The van der Waals surface area contributed by atoms with Crippen molar-refractivity contribution in [3.63, 3.8) is 0 Å². The maximum Gasteiger partial charge on any atom is 0.219 e. The van der Waals surface area contributed by atoms with E-state index in [-0.39, 0.29) is 5.82 Å². The maximum absolute atomic E-state index is 10.6. The zero-order chi connectivity index (χ0) is 9.97. The van der Waals surface area contributed by atoms with Crippen molar-refractivity contribution in [2.75, 3.05) is 0 Å². The smallest absolute Gasteiger partial charge is 0.219 e. The summed E-state index contributed by atoms with van der Waals surface area (Å²) >= 11 is 0. The number of aryl methyl sites for hydroxylation is 1. The monoisotopic (exact) mass is 188 g/mol. The molecule has 0 bridgehead atoms. The lowest BCUT2D eigenvalue weighted by atomic mass is 10.2.